The Bertz CT molecular complexity index is 1650. The molecule has 3 aliphatic rings. The van der Waals surface area contributed by atoms with Gasteiger partial charge in [-0.15, -0.1) is 13.2 Å². The van der Waals surface area contributed by atoms with Gasteiger partial charge in [0, 0.05) is 29.1 Å². The van der Waals surface area contributed by atoms with Crippen LogP contribution in [0.15, 0.2) is 40.9 Å². The average molecular weight is 604 g/mol. The fourth-order valence-electron chi connectivity index (χ4n) is 6.20. The summed E-state index contributed by atoms with van der Waals surface area (Å²) in [6.45, 7) is 0.138. The molecule has 2 aromatic heterocycles. The first-order valence-electron chi connectivity index (χ1n) is 13.7. The van der Waals surface area contributed by atoms with E-state index in [-0.39, 0.29) is 58.8 Å². The standard InChI is InChI=1S/C29H25F4N3O5S/c30-21-9-15(27(37)38)10-23-25(21)34-28(42-23)36-16-7-8-17(36)12-18(11-16)39-13-20-24(35-41-26(20)14-5-6-14)19-3-1-2-4-22(19)40-29(31,32)33/h1-4,9-10,14,16-18H,5-8,11-13H2,(H,37,38)/t16-,17+,18?. The van der Waals surface area contributed by atoms with Gasteiger partial charge in [0.25, 0.3) is 0 Å². The molecule has 2 aliphatic heterocycles. The van der Waals surface area contributed by atoms with E-state index in [0.717, 1.165) is 31.7 Å². The van der Waals surface area contributed by atoms with E-state index >= 15 is 0 Å². The number of hydrogen-bond acceptors (Lipinski definition) is 8. The number of aromatic nitrogens is 2. The summed E-state index contributed by atoms with van der Waals surface area (Å²) >= 11 is 1.28. The molecular formula is C29H25F4N3O5S. The van der Waals surface area contributed by atoms with Gasteiger partial charge in [0.15, 0.2) is 10.9 Å². The molecular weight excluding hydrogens is 578 g/mol. The summed E-state index contributed by atoms with van der Waals surface area (Å²) in [6.07, 6.45) is 0.0965. The van der Waals surface area contributed by atoms with Crippen molar-refractivity contribution in [2.45, 2.75) is 75.6 Å². The second kappa shape index (κ2) is 10.2. The number of halogens is 4. The van der Waals surface area contributed by atoms with Crippen molar-refractivity contribution in [3.05, 3.63) is 59.1 Å². The fourth-order valence-corrected chi connectivity index (χ4v) is 7.37. The minimum absolute atomic E-state index is 0.111. The van der Waals surface area contributed by atoms with Crippen LogP contribution in [-0.4, -0.2) is 45.8 Å². The number of benzene rings is 2. The quantitative estimate of drug-likeness (QED) is 0.210. The lowest BCUT2D eigenvalue weighted by Crippen LogP contribution is -2.45. The Kier molecular flexibility index (Phi) is 6.61. The molecule has 0 amide bonds. The van der Waals surface area contributed by atoms with Crippen LogP contribution in [0.25, 0.3) is 21.5 Å². The van der Waals surface area contributed by atoms with Crippen LogP contribution in [0.5, 0.6) is 5.75 Å². The van der Waals surface area contributed by atoms with Crippen molar-refractivity contribution in [2.75, 3.05) is 4.90 Å². The van der Waals surface area contributed by atoms with Gasteiger partial charge in [0.1, 0.15) is 22.7 Å². The van der Waals surface area contributed by atoms with Gasteiger partial charge >= 0.3 is 12.3 Å². The molecule has 4 heterocycles. The number of thiazole rings is 1. The SMILES string of the molecule is O=C(O)c1cc(F)c2nc(N3[C@@H]4CC[C@H]3CC(OCc3c(-c5ccccc5OC(F)(F)F)noc3C3CC3)C4)sc2c1. The minimum atomic E-state index is -4.85. The molecule has 42 heavy (non-hydrogen) atoms. The minimum Gasteiger partial charge on any atom is -0.478 e. The van der Waals surface area contributed by atoms with Crippen LogP contribution in [0.1, 0.15) is 66.1 Å². The first-order valence-corrected chi connectivity index (χ1v) is 14.5. The van der Waals surface area contributed by atoms with Crippen LogP contribution in [0.4, 0.5) is 22.7 Å². The van der Waals surface area contributed by atoms with E-state index in [0.29, 0.717) is 34.0 Å². The van der Waals surface area contributed by atoms with Gasteiger partial charge in [0.2, 0.25) is 0 Å². The van der Waals surface area contributed by atoms with E-state index in [1.807, 2.05) is 0 Å². The Morgan fingerprint density at radius 2 is 1.86 bits per heavy atom. The monoisotopic (exact) mass is 603 g/mol. The Balaban J connectivity index is 1.10. The number of ether oxygens (including phenoxy) is 2. The molecule has 13 heteroatoms. The second-order valence-corrected chi connectivity index (χ2v) is 12.0. The van der Waals surface area contributed by atoms with E-state index in [4.69, 9.17) is 9.26 Å². The Morgan fingerprint density at radius 1 is 1.12 bits per heavy atom. The normalized spacial score (nSPS) is 22.2. The number of anilines is 1. The van der Waals surface area contributed by atoms with Crippen molar-refractivity contribution in [1.29, 1.82) is 0 Å². The highest BCUT2D eigenvalue weighted by atomic mass is 32.1. The van der Waals surface area contributed by atoms with Crippen LogP contribution in [-0.2, 0) is 11.3 Å². The lowest BCUT2D eigenvalue weighted by atomic mass is 10.00. The number of nitrogens with zero attached hydrogens (tertiary/aromatic N) is 3. The highest BCUT2D eigenvalue weighted by Crippen LogP contribution is 2.47. The zero-order chi connectivity index (χ0) is 29.2. The Morgan fingerprint density at radius 3 is 2.55 bits per heavy atom. The number of rotatable bonds is 8. The molecule has 3 atom stereocenters. The van der Waals surface area contributed by atoms with Crippen LogP contribution in [0, 0.1) is 5.82 Å². The van der Waals surface area contributed by atoms with Crippen LogP contribution in [0.2, 0.25) is 0 Å². The zero-order valence-electron chi connectivity index (χ0n) is 22.1. The van der Waals surface area contributed by atoms with E-state index in [9.17, 15) is 27.5 Å². The molecule has 8 nitrogen and oxygen atoms in total. The van der Waals surface area contributed by atoms with Crippen molar-refractivity contribution < 1.29 is 41.5 Å². The van der Waals surface area contributed by atoms with Gasteiger partial charge in [-0.2, -0.15) is 0 Å². The summed E-state index contributed by atoms with van der Waals surface area (Å²) in [5.41, 5.74) is 1.17. The van der Waals surface area contributed by atoms with Crippen molar-refractivity contribution in [3.63, 3.8) is 0 Å². The number of para-hydroxylation sites is 1. The van der Waals surface area contributed by atoms with E-state index in [2.05, 4.69) is 19.8 Å². The number of aromatic carboxylic acids is 1. The van der Waals surface area contributed by atoms with Crippen molar-refractivity contribution in [1.82, 2.24) is 10.1 Å². The van der Waals surface area contributed by atoms with E-state index in [1.54, 1.807) is 6.07 Å². The predicted molar refractivity (Wildman–Crippen MR) is 144 cm³/mol. The maximum Gasteiger partial charge on any atom is 0.573 e. The third-order valence-corrected chi connectivity index (χ3v) is 9.21. The van der Waals surface area contributed by atoms with Crippen molar-refractivity contribution in [2.24, 2.45) is 0 Å². The summed E-state index contributed by atoms with van der Waals surface area (Å²) in [5, 5.41) is 14.1. The lowest BCUT2D eigenvalue weighted by Gasteiger charge is -2.38. The average Bonchev–Trinajstić information content (AvgIpc) is 3.45. The van der Waals surface area contributed by atoms with Crippen LogP contribution < -0.4 is 9.64 Å². The summed E-state index contributed by atoms with van der Waals surface area (Å²) in [7, 11) is 0. The molecule has 220 valence electrons. The highest BCUT2D eigenvalue weighted by molar-refractivity contribution is 7.22. The molecule has 1 aliphatic carbocycles. The van der Waals surface area contributed by atoms with Gasteiger partial charge in [-0.25, -0.2) is 14.2 Å². The largest absolute Gasteiger partial charge is 0.573 e. The molecule has 2 saturated heterocycles. The number of fused-ring (bicyclic) bond motifs is 3. The first kappa shape index (κ1) is 27.1. The summed E-state index contributed by atoms with van der Waals surface area (Å²) < 4.78 is 70.7. The van der Waals surface area contributed by atoms with Gasteiger partial charge in [-0.05, 0) is 62.8 Å². The Hall–Kier alpha value is -3.71. The van der Waals surface area contributed by atoms with E-state index in [1.165, 1.54) is 35.6 Å². The van der Waals surface area contributed by atoms with Crippen molar-refractivity contribution >= 4 is 32.7 Å². The second-order valence-electron chi connectivity index (χ2n) is 11.0. The summed E-state index contributed by atoms with van der Waals surface area (Å²) in [6, 6.07) is 8.54. The number of piperidine rings is 1. The van der Waals surface area contributed by atoms with Crippen molar-refractivity contribution in [3.8, 4) is 17.0 Å². The van der Waals surface area contributed by atoms with Gasteiger partial charge in [-0.1, -0.05) is 28.6 Å². The first-order chi connectivity index (χ1) is 20.1. The predicted octanol–water partition coefficient (Wildman–Crippen LogP) is 7.28. The molecule has 1 saturated carbocycles. The molecule has 1 N–H and O–H groups in total. The third kappa shape index (κ3) is 5.08. The number of carboxylic acid groups (broad SMARTS) is 1. The molecule has 1 unspecified atom stereocenters. The smallest absolute Gasteiger partial charge is 0.478 e. The molecule has 0 radical (unpaired) electrons. The molecule has 2 bridgehead atoms. The number of alkyl halides is 3. The number of hydrogen-bond donors (Lipinski definition) is 1. The van der Waals surface area contributed by atoms with Crippen LogP contribution in [0.3, 0.4) is 0 Å². The van der Waals surface area contributed by atoms with Crippen LogP contribution >= 0.6 is 11.3 Å². The summed E-state index contributed by atoms with van der Waals surface area (Å²) in [4.78, 5) is 18.1. The molecule has 4 aromatic rings. The summed E-state index contributed by atoms with van der Waals surface area (Å²) in [5.74, 6) is -1.39. The topological polar surface area (TPSA) is 97.9 Å². The maximum absolute atomic E-state index is 14.6. The third-order valence-electron chi connectivity index (χ3n) is 8.19. The maximum atomic E-state index is 14.6. The fraction of sp³-hybridized carbons (Fsp3) is 0.414. The molecule has 3 fully saturated rings. The van der Waals surface area contributed by atoms with E-state index < -0.39 is 18.1 Å². The number of carbonyl (C=O) groups is 1. The number of carboxylic acids is 1. The highest BCUT2D eigenvalue weighted by Gasteiger charge is 2.43. The molecule has 2 aromatic carbocycles. The lowest BCUT2D eigenvalue weighted by molar-refractivity contribution is -0.274. The van der Waals surface area contributed by atoms with Gasteiger partial charge in [-0.3, -0.25) is 0 Å². The Labute approximate surface area is 240 Å². The van der Waals surface area contributed by atoms with Gasteiger partial charge in [0.05, 0.1) is 23.0 Å². The molecule has 0 spiro atoms. The zero-order valence-corrected chi connectivity index (χ0v) is 22.9. The van der Waals surface area contributed by atoms with Gasteiger partial charge < -0.3 is 24.0 Å². The molecule has 7 rings (SSSR count).